The molecule has 3 aromatic rings. The number of halogens is 2. The van der Waals surface area contributed by atoms with Crippen LogP contribution < -0.4 is 14.8 Å². The molecule has 4 atom stereocenters. The molecule has 3 heterocycles. The van der Waals surface area contributed by atoms with Gasteiger partial charge in [-0.15, -0.1) is 0 Å². The van der Waals surface area contributed by atoms with E-state index in [1.165, 1.54) is 6.33 Å². The van der Waals surface area contributed by atoms with Crippen molar-refractivity contribution in [1.82, 2.24) is 9.97 Å². The molecule has 2 aliphatic rings. The second-order valence-electron chi connectivity index (χ2n) is 7.32. The average Bonchev–Trinajstić information content (AvgIpc) is 3.34. The van der Waals surface area contributed by atoms with Gasteiger partial charge in [-0.1, -0.05) is 11.6 Å². The number of ether oxygens (including phenoxy) is 4. The lowest BCUT2D eigenvalue weighted by molar-refractivity contribution is 0.00823. The molecule has 10 heteroatoms. The van der Waals surface area contributed by atoms with E-state index in [1.807, 2.05) is 18.2 Å². The van der Waals surface area contributed by atoms with Gasteiger partial charge in [0.1, 0.15) is 30.5 Å². The minimum Gasteiger partial charge on any atom is -0.493 e. The van der Waals surface area contributed by atoms with Crippen molar-refractivity contribution >= 4 is 49.9 Å². The van der Waals surface area contributed by atoms with E-state index in [0.29, 0.717) is 34.5 Å². The van der Waals surface area contributed by atoms with Gasteiger partial charge in [-0.3, -0.25) is 0 Å². The Labute approximate surface area is 191 Å². The van der Waals surface area contributed by atoms with E-state index in [9.17, 15) is 5.11 Å². The summed E-state index contributed by atoms with van der Waals surface area (Å²) in [4.78, 5) is 8.75. The molecular formula is C21H19BrClN3O5. The second-order valence-corrected chi connectivity index (χ2v) is 8.58. The van der Waals surface area contributed by atoms with Crippen LogP contribution in [0, 0.1) is 0 Å². The van der Waals surface area contributed by atoms with Gasteiger partial charge < -0.3 is 29.4 Å². The second kappa shape index (κ2) is 8.40. The van der Waals surface area contributed by atoms with Crippen LogP contribution in [0.25, 0.3) is 10.9 Å². The molecule has 0 unspecified atom stereocenters. The monoisotopic (exact) mass is 507 g/mol. The van der Waals surface area contributed by atoms with Gasteiger partial charge in [-0.05, 0) is 40.2 Å². The van der Waals surface area contributed by atoms with Gasteiger partial charge in [0.2, 0.25) is 0 Å². The van der Waals surface area contributed by atoms with E-state index in [-0.39, 0.29) is 24.9 Å². The molecule has 162 valence electrons. The molecule has 0 saturated carbocycles. The highest BCUT2D eigenvalue weighted by Crippen LogP contribution is 2.38. The smallest absolute Gasteiger partial charge is 0.164 e. The number of nitrogens with one attached hydrogen (secondary N) is 1. The first kappa shape index (κ1) is 20.7. The predicted octanol–water partition coefficient (Wildman–Crippen LogP) is 3.70. The highest BCUT2D eigenvalue weighted by molar-refractivity contribution is 9.10. The minimum atomic E-state index is -0.634. The third-order valence-electron chi connectivity index (χ3n) is 5.36. The highest BCUT2D eigenvalue weighted by Gasteiger charge is 2.48. The van der Waals surface area contributed by atoms with Crippen molar-refractivity contribution in [2.75, 3.05) is 25.6 Å². The average molecular weight is 509 g/mol. The van der Waals surface area contributed by atoms with Gasteiger partial charge in [-0.2, -0.15) is 0 Å². The summed E-state index contributed by atoms with van der Waals surface area (Å²) in [7, 11) is 1.57. The lowest BCUT2D eigenvalue weighted by Gasteiger charge is -2.20. The van der Waals surface area contributed by atoms with E-state index in [2.05, 4.69) is 31.2 Å². The maximum atomic E-state index is 9.94. The summed E-state index contributed by atoms with van der Waals surface area (Å²) in [5, 5.41) is 14.6. The first-order valence-corrected chi connectivity index (χ1v) is 10.8. The third kappa shape index (κ3) is 3.92. The number of benzene rings is 2. The number of aliphatic hydroxyl groups is 1. The standard InChI is InChI=1S/C21H19BrClN3O5/c1-28-16-5-11-14(6-17(16)31-18-8-30-19-15(27)7-29-20(18)19)24-9-25-21(11)26-10-2-3-12(22)13(23)4-10/h2-6,9,15,18-20,27H,7-8H2,1H3,(H,24,25,26)/t15-,18-,19+,20+/m1/s1. The number of fused-ring (bicyclic) bond motifs is 2. The van der Waals surface area contributed by atoms with E-state index in [1.54, 1.807) is 19.2 Å². The number of hydrogen-bond acceptors (Lipinski definition) is 8. The van der Waals surface area contributed by atoms with Crippen molar-refractivity contribution < 1.29 is 24.1 Å². The molecule has 0 spiro atoms. The molecule has 1 aromatic heterocycles. The number of rotatable bonds is 5. The van der Waals surface area contributed by atoms with Crippen LogP contribution in [0.3, 0.4) is 0 Å². The summed E-state index contributed by atoms with van der Waals surface area (Å²) in [6.07, 6.45) is -0.192. The van der Waals surface area contributed by atoms with Crippen LogP contribution in [0.5, 0.6) is 11.5 Å². The Balaban J connectivity index is 1.45. The fourth-order valence-corrected chi connectivity index (χ4v) is 4.26. The predicted molar refractivity (Wildman–Crippen MR) is 118 cm³/mol. The number of hydrogen-bond donors (Lipinski definition) is 2. The minimum absolute atomic E-state index is 0.242. The normalized spacial score (nSPS) is 24.9. The fourth-order valence-electron chi connectivity index (χ4n) is 3.83. The molecule has 31 heavy (non-hydrogen) atoms. The molecule has 0 amide bonds. The summed E-state index contributed by atoms with van der Waals surface area (Å²) in [6, 6.07) is 9.19. The number of methoxy groups -OCH3 is 1. The van der Waals surface area contributed by atoms with E-state index in [4.69, 9.17) is 30.5 Å². The Morgan fingerprint density at radius 2 is 1.97 bits per heavy atom. The van der Waals surface area contributed by atoms with Crippen LogP contribution in [-0.4, -0.2) is 59.8 Å². The van der Waals surface area contributed by atoms with Crippen LogP contribution in [0.2, 0.25) is 5.02 Å². The van der Waals surface area contributed by atoms with Crippen LogP contribution in [0.1, 0.15) is 0 Å². The highest BCUT2D eigenvalue weighted by atomic mass is 79.9. The van der Waals surface area contributed by atoms with Crippen molar-refractivity contribution in [2.24, 2.45) is 0 Å². The van der Waals surface area contributed by atoms with Crippen molar-refractivity contribution in [3.05, 3.63) is 46.2 Å². The molecule has 2 N–H and O–H groups in total. The van der Waals surface area contributed by atoms with Gasteiger partial charge in [0.25, 0.3) is 0 Å². The first-order chi connectivity index (χ1) is 15.0. The quantitative estimate of drug-likeness (QED) is 0.539. The maximum absolute atomic E-state index is 9.94. The van der Waals surface area contributed by atoms with Crippen LogP contribution in [0.15, 0.2) is 41.1 Å². The Hall–Kier alpha value is -2.17. The van der Waals surface area contributed by atoms with E-state index < -0.39 is 6.10 Å². The molecule has 0 aliphatic carbocycles. The molecule has 2 aromatic carbocycles. The van der Waals surface area contributed by atoms with Crippen LogP contribution >= 0.6 is 27.5 Å². The van der Waals surface area contributed by atoms with Crippen molar-refractivity contribution in [3.63, 3.8) is 0 Å². The maximum Gasteiger partial charge on any atom is 0.164 e. The summed E-state index contributed by atoms with van der Waals surface area (Å²) < 4.78 is 23.8. The zero-order valence-corrected chi connectivity index (χ0v) is 18.8. The van der Waals surface area contributed by atoms with Gasteiger partial charge in [0.15, 0.2) is 17.6 Å². The third-order valence-corrected chi connectivity index (χ3v) is 6.60. The molecule has 0 radical (unpaired) electrons. The molecule has 5 rings (SSSR count). The molecular weight excluding hydrogens is 490 g/mol. The Bertz CT molecular complexity index is 1130. The van der Waals surface area contributed by atoms with Gasteiger partial charge in [0, 0.05) is 21.6 Å². The Morgan fingerprint density at radius 1 is 1.13 bits per heavy atom. The molecule has 8 nitrogen and oxygen atoms in total. The lowest BCUT2D eigenvalue weighted by Crippen LogP contribution is -2.34. The van der Waals surface area contributed by atoms with Crippen molar-refractivity contribution in [3.8, 4) is 11.5 Å². The van der Waals surface area contributed by atoms with Crippen molar-refractivity contribution in [1.29, 1.82) is 0 Å². The SMILES string of the molecule is COc1cc2c(Nc3ccc(Br)c(Cl)c3)ncnc2cc1O[C@@H]1CO[C@@H]2[C@H]1OC[C@H]2O. The Morgan fingerprint density at radius 3 is 2.77 bits per heavy atom. The topological polar surface area (TPSA) is 95.0 Å². The summed E-state index contributed by atoms with van der Waals surface area (Å²) >= 11 is 9.59. The van der Waals surface area contributed by atoms with Crippen LogP contribution in [0.4, 0.5) is 11.5 Å². The molecule has 2 fully saturated rings. The first-order valence-electron chi connectivity index (χ1n) is 9.66. The van der Waals surface area contributed by atoms with E-state index >= 15 is 0 Å². The van der Waals surface area contributed by atoms with Gasteiger partial charge >= 0.3 is 0 Å². The van der Waals surface area contributed by atoms with Gasteiger partial charge in [0.05, 0.1) is 30.9 Å². The largest absolute Gasteiger partial charge is 0.493 e. The number of nitrogens with zero attached hydrogens (tertiary/aromatic N) is 2. The van der Waals surface area contributed by atoms with E-state index in [0.717, 1.165) is 15.5 Å². The molecule has 2 saturated heterocycles. The van der Waals surface area contributed by atoms with Crippen LogP contribution in [-0.2, 0) is 9.47 Å². The number of aliphatic hydroxyl groups excluding tert-OH is 1. The number of anilines is 2. The zero-order chi connectivity index (χ0) is 21.5. The molecule has 0 bridgehead atoms. The number of aromatic nitrogens is 2. The Kier molecular flexibility index (Phi) is 5.61. The fraction of sp³-hybridized carbons (Fsp3) is 0.333. The van der Waals surface area contributed by atoms with Gasteiger partial charge in [-0.25, -0.2) is 9.97 Å². The lowest BCUT2D eigenvalue weighted by atomic mass is 10.1. The summed E-state index contributed by atoms with van der Waals surface area (Å²) in [5.74, 6) is 1.66. The molecule has 2 aliphatic heterocycles. The van der Waals surface area contributed by atoms with Crippen molar-refractivity contribution in [2.45, 2.75) is 24.4 Å². The summed E-state index contributed by atoms with van der Waals surface area (Å²) in [6.45, 7) is 0.570. The summed E-state index contributed by atoms with van der Waals surface area (Å²) in [5.41, 5.74) is 1.47. The zero-order valence-electron chi connectivity index (χ0n) is 16.4.